The molecule has 1 aromatic carbocycles. The lowest BCUT2D eigenvalue weighted by Crippen LogP contribution is -2.28. The molecule has 1 amide bonds. The normalized spacial score (nSPS) is 12.2. The van der Waals surface area contributed by atoms with Gasteiger partial charge in [-0.15, -0.1) is 0 Å². The van der Waals surface area contributed by atoms with Crippen LogP contribution in [0.4, 0.5) is 0 Å². The molecule has 2 rings (SSSR count). The molecule has 2 aromatic rings. The van der Waals surface area contributed by atoms with E-state index in [-0.39, 0.29) is 29.5 Å². The molecule has 1 heterocycles. The van der Waals surface area contributed by atoms with Gasteiger partial charge in [0.05, 0.1) is 22.7 Å². The molecule has 0 saturated heterocycles. The predicted octanol–water partition coefficient (Wildman–Crippen LogP) is 1.76. The second-order valence-electron chi connectivity index (χ2n) is 5.28. The average molecular weight is 358 g/mol. The summed E-state index contributed by atoms with van der Waals surface area (Å²) < 4.78 is 26.6. The molecule has 0 fully saturated rings. The lowest BCUT2D eigenvalue weighted by atomic mass is 10.1. The van der Waals surface area contributed by atoms with E-state index in [1.165, 1.54) is 24.3 Å². The molecule has 1 aromatic heterocycles. The first kappa shape index (κ1) is 18.6. The van der Waals surface area contributed by atoms with Gasteiger partial charge < -0.3 is 5.32 Å². The van der Waals surface area contributed by atoms with Gasteiger partial charge in [-0.3, -0.25) is 9.78 Å². The lowest BCUT2D eigenvalue weighted by Gasteiger charge is -2.14. The van der Waals surface area contributed by atoms with Crippen molar-refractivity contribution in [1.82, 2.24) is 15.0 Å². The second-order valence-corrected chi connectivity index (χ2v) is 7.05. The van der Waals surface area contributed by atoms with Crippen molar-refractivity contribution in [2.24, 2.45) is 0 Å². The number of aromatic nitrogens is 1. The van der Waals surface area contributed by atoms with E-state index >= 15 is 0 Å². The van der Waals surface area contributed by atoms with Crippen molar-refractivity contribution < 1.29 is 13.2 Å². The Kier molecular flexibility index (Phi) is 6.22. The molecular weight excluding hydrogens is 340 g/mol. The highest BCUT2D eigenvalue weighted by Gasteiger charge is 2.17. The highest BCUT2D eigenvalue weighted by Crippen LogP contribution is 2.14. The molecule has 25 heavy (non-hydrogen) atoms. The van der Waals surface area contributed by atoms with Gasteiger partial charge in [0, 0.05) is 24.7 Å². The molecule has 0 radical (unpaired) electrons. The topological polar surface area (TPSA) is 112 Å². The minimum Gasteiger partial charge on any atom is -0.344 e. The summed E-state index contributed by atoms with van der Waals surface area (Å²) in [5.41, 5.74) is 0.934. The zero-order chi connectivity index (χ0) is 18.3. The van der Waals surface area contributed by atoms with Gasteiger partial charge in [0.1, 0.15) is 0 Å². The van der Waals surface area contributed by atoms with Gasteiger partial charge >= 0.3 is 0 Å². The summed E-state index contributed by atoms with van der Waals surface area (Å²) in [6.07, 6.45) is 1.71. The first-order chi connectivity index (χ1) is 11.9. The van der Waals surface area contributed by atoms with Crippen LogP contribution in [0.5, 0.6) is 0 Å². The van der Waals surface area contributed by atoms with E-state index in [4.69, 9.17) is 5.26 Å². The maximum Gasteiger partial charge on any atom is 0.251 e. The largest absolute Gasteiger partial charge is 0.344 e. The Bertz CT molecular complexity index is 876. The van der Waals surface area contributed by atoms with Gasteiger partial charge in [0.15, 0.2) is 0 Å². The number of hydrogen-bond donors (Lipinski definition) is 2. The first-order valence-corrected chi connectivity index (χ1v) is 9.11. The molecule has 0 aliphatic carbocycles. The molecule has 1 atom stereocenters. The third-order valence-electron chi connectivity index (χ3n) is 3.41. The molecular formula is C17H18N4O3S. The summed E-state index contributed by atoms with van der Waals surface area (Å²) in [5, 5.41) is 11.3. The van der Waals surface area contributed by atoms with Crippen LogP contribution in [0.1, 0.15) is 35.4 Å². The van der Waals surface area contributed by atoms with Crippen LogP contribution in [-0.4, -0.2) is 25.9 Å². The highest BCUT2D eigenvalue weighted by atomic mass is 32.2. The Morgan fingerprint density at radius 1 is 1.28 bits per heavy atom. The van der Waals surface area contributed by atoms with Crippen LogP contribution in [0, 0.1) is 11.3 Å². The number of pyridine rings is 1. The zero-order valence-electron chi connectivity index (χ0n) is 13.6. The van der Waals surface area contributed by atoms with E-state index in [0.29, 0.717) is 5.69 Å². The third-order valence-corrected chi connectivity index (χ3v) is 4.87. The van der Waals surface area contributed by atoms with E-state index < -0.39 is 15.9 Å². The van der Waals surface area contributed by atoms with Crippen LogP contribution >= 0.6 is 0 Å². The highest BCUT2D eigenvalue weighted by molar-refractivity contribution is 7.89. The number of sulfonamides is 1. The molecule has 0 saturated carbocycles. The third kappa shape index (κ3) is 5.11. The Labute approximate surface area is 146 Å². The van der Waals surface area contributed by atoms with Crippen molar-refractivity contribution in [3.8, 4) is 6.07 Å². The minimum absolute atomic E-state index is 0.0198. The number of nitrogens with zero attached hydrogens (tertiary/aromatic N) is 2. The van der Waals surface area contributed by atoms with Gasteiger partial charge in [-0.1, -0.05) is 12.1 Å². The number of carbonyl (C=O) groups excluding carboxylic acids is 1. The summed E-state index contributed by atoms with van der Waals surface area (Å²) in [6.45, 7) is 1.82. The van der Waals surface area contributed by atoms with Crippen LogP contribution in [0.15, 0.2) is 53.6 Å². The number of carbonyl (C=O) groups is 1. The van der Waals surface area contributed by atoms with Crippen molar-refractivity contribution in [2.75, 3.05) is 6.54 Å². The number of rotatable bonds is 7. The van der Waals surface area contributed by atoms with Gasteiger partial charge in [0.25, 0.3) is 5.91 Å². The lowest BCUT2D eigenvalue weighted by molar-refractivity contribution is 0.0939. The van der Waals surface area contributed by atoms with E-state index in [9.17, 15) is 13.2 Å². The standard InChI is InChI=1S/C17H18N4O3S/c1-13(16-8-2-3-10-19-16)21-17(22)14-6-4-7-15(12-14)25(23,24)20-11-5-9-18/h2-4,6-8,10,12-13,20H,5,11H2,1H3,(H,21,22)/t13-/m1/s1. The zero-order valence-corrected chi connectivity index (χ0v) is 14.5. The van der Waals surface area contributed by atoms with Crippen LogP contribution in [0.25, 0.3) is 0 Å². The number of hydrogen-bond acceptors (Lipinski definition) is 5. The number of benzene rings is 1. The Balaban J connectivity index is 2.12. The SMILES string of the molecule is C[C@@H](NC(=O)c1cccc(S(=O)(=O)NCCC#N)c1)c1ccccn1. The Morgan fingerprint density at radius 2 is 2.08 bits per heavy atom. The van der Waals surface area contributed by atoms with E-state index in [0.717, 1.165) is 0 Å². The van der Waals surface area contributed by atoms with Crippen molar-refractivity contribution >= 4 is 15.9 Å². The van der Waals surface area contributed by atoms with Crippen molar-refractivity contribution in [2.45, 2.75) is 24.3 Å². The van der Waals surface area contributed by atoms with Crippen LogP contribution in [0.3, 0.4) is 0 Å². The molecule has 0 spiro atoms. The van der Waals surface area contributed by atoms with Crippen LogP contribution in [-0.2, 0) is 10.0 Å². The number of nitrogens with one attached hydrogen (secondary N) is 2. The van der Waals surface area contributed by atoms with Crippen molar-refractivity contribution in [3.05, 3.63) is 59.9 Å². The molecule has 130 valence electrons. The second kappa shape index (κ2) is 8.37. The fourth-order valence-electron chi connectivity index (χ4n) is 2.12. The average Bonchev–Trinajstić information content (AvgIpc) is 2.62. The summed E-state index contributed by atoms with van der Waals surface area (Å²) in [7, 11) is -3.76. The number of nitriles is 1. The Morgan fingerprint density at radius 3 is 2.76 bits per heavy atom. The molecule has 2 N–H and O–H groups in total. The monoisotopic (exact) mass is 358 g/mol. The number of amides is 1. The van der Waals surface area contributed by atoms with Crippen molar-refractivity contribution in [3.63, 3.8) is 0 Å². The molecule has 0 aliphatic rings. The molecule has 0 unspecified atom stereocenters. The van der Waals surface area contributed by atoms with Gasteiger partial charge in [0.2, 0.25) is 10.0 Å². The van der Waals surface area contributed by atoms with Crippen molar-refractivity contribution in [1.29, 1.82) is 5.26 Å². The minimum atomic E-state index is -3.76. The molecule has 7 nitrogen and oxygen atoms in total. The van der Waals surface area contributed by atoms with E-state index in [2.05, 4.69) is 15.0 Å². The fraction of sp³-hybridized carbons (Fsp3) is 0.235. The molecule has 0 aliphatic heterocycles. The maximum atomic E-state index is 12.4. The first-order valence-electron chi connectivity index (χ1n) is 7.62. The van der Waals surface area contributed by atoms with Crippen LogP contribution in [0.2, 0.25) is 0 Å². The smallest absolute Gasteiger partial charge is 0.251 e. The molecule has 8 heteroatoms. The Hall–Kier alpha value is -2.76. The summed E-state index contributed by atoms with van der Waals surface area (Å²) in [6, 6.07) is 12.7. The quantitative estimate of drug-likeness (QED) is 0.733. The van der Waals surface area contributed by atoms with Gasteiger partial charge in [-0.2, -0.15) is 5.26 Å². The molecule has 0 bridgehead atoms. The predicted molar refractivity (Wildman–Crippen MR) is 92.0 cm³/mol. The van der Waals surface area contributed by atoms with E-state index in [1.54, 1.807) is 25.3 Å². The summed E-state index contributed by atoms with van der Waals surface area (Å²) in [4.78, 5) is 16.5. The van der Waals surface area contributed by atoms with Gasteiger partial charge in [-0.25, -0.2) is 13.1 Å². The fourth-order valence-corrected chi connectivity index (χ4v) is 3.19. The maximum absolute atomic E-state index is 12.4. The summed E-state index contributed by atoms with van der Waals surface area (Å²) >= 11 is 0. The van der Waals surface area contributed by atoms with Crippen LogP contribution < -0.4 is 10.0 Å². The van der Waals surface area contributed by atoms with E-state index in [1.807, 2.05) is 12.1 Å². The van der Waals surface area contributed by atoms with Gasteiger partial charge in [-0.05, 0) is 37.3 Å². The summed E-state index contributed by atoms with van der Waals surface area (Å²) in [5.74, 6) is -0.396.